The first kappa shape index (κ1) is 19.2. The van der Waals surface area contributed by atoms with Crippen LogP contribution in [0.3, 0.4) is 0 Å². The van der Waals surface area contributed by atoms with Crippen molar-refractivity contribution >= 4 is 21.4 Å². The maximum atomic E-state index is 12.6. The summed E-state index contributed by atoms with van der Waals surface area (Å²) < 4.78 is 43.8. The summed E-state index contributed by atoms with van der Waals surface area (Å²) in [6.45, 7) is 4.50. The number of thiophene rings is 1. The third kappa shape index (κ3) is 3.88. The summed E-state index contributed by atoms with van der Waals surface area (Å²) in [6, 6.07) is 3.34. The number of aromatic nitrogens is 3. The minimum atomic E-state index is -3.63. The molecule has 1 unspecified atom stereocenters. The topological polar surface area (TPSA) is 120 Å². The van der Waals surface area contributed by atoms with Crippen LogP contribution in [0.25, 0.3) is 10.4 Å². The Hall–Kier alpha value is -2.08. The van der Waals surface area contributed by atoms with Gasteiger partial charge in [-0.15, -0.1) is 11.3 Å². The Balaban J connectivity index is 1.38. The van der Waals surface area contributed by atoms with Crippen molar-refractivity contribution in [2.24, 2.45) is 0 Å². The van der Waals surface area contributed by atoms with E-state index in [0.717, 1.165) is 29.0 Å². The summed E-state index contributed by atoms with van der Waals surface area (Å²) in [4.78, 5) is 5.09. The SMILES string of the molecule is Cc1noc(C)c1-c1ccc(S(=O)(=O)NCCc2noc(C3CCCO3)n2)s1. The number of aryl methyl sites for hydroxylation is 2. The van der Waals surface area contributed by atoms with Gasteiger partial charge in [-0.25, -0.2) is 13.1 Å². The van der Waals surface area contributed by atoms with Gasteiger partial charge in [0.2, 0.25) is 10.0 Å². The highest BCUT2D eigenvalue weighted by Gasteiger charge is 2.24. The fraction of sp³-hybridized carbons (Fsp3) is 0.471. The van der Waals surface area contributed by atoms with Crippen LogP contribution in [-0.2, 0) is 21.2 Å². The quantitative estimate of drug-likeness (QED) is 0.615. The first-order valence-corrected chi connectivity index (χ1v) is 11.2. The first-order valence-electron chi connectivity index (χ1n) is 8.91. The zero-order chi connectivity index (χ0) is 19.7. The molecule has 0 spiro atoms. The van der Waals surface area contributed by atoms with Gasteiger partial charge in [-0.1, -0.05) is 10.3 Å². The number of nitrogens with one attached hydrogen (secondary N) is 1. The first-order chi connectivity index (χ1) is 13.4. The van der Waals surface area contributed by atoms with Crippen LogP contribution in [0.5, 0.6) is 0 Å². The van der Waals surface area contributed by atoms with Crippen molar-refractivity contribution in [2.75, 3.05) is 13.2 Å². The number of rotatable bonds is 7. The van der Waals surface area contributed by atoms with Gasteiger partial charge in [-0.05, 0) is 38.8 Å². The molecule has 0 radical (unpaired) electrons. The Morgan fingerprint density at radius 2 is 2.11 bits per heavy atom. The Morgan fingerprint density at radius 1 is 1.25 bits per heavy atom. The summed E-state index contributed by atoms with van der Waals surface area (Å²) in [5.41, 5.74) is 1.57. The van der Waals surface area contributed by atoms with Crippen molar-refractivity contribution in [3.63, 3.8) is 0 Å². The molecular formula is C17H20N4O5S2. The lowest BCUT2D eigenvalue weighted by Crippen LogP contribution is -2.25. The second kappa shape index (κ2) is 7.74. The van der Waals surface area contributed by atoms with Gasteiger partial charge in [0, 0.05) is 24.4 Å². The highest BCUT2D eigenvalue weighted by Crippen LogP contribution is 2.34. The number of ether oxygens (including phenoxy) is 1. The minimum absolute atomic E-state index is 0.146. The molecule has 3 aromatic heterocycles. The third-order valence-electron chi connectivity index (χ3n) is 4.46. The zero-order valence-corrected chi connectivity index (χ0v) is 17.1. The predicted octanol–water partition coefficient (Wildman–Crippen LogP) is 2.78. The van der Waals surface area contributed by atoms with E-state index >= 15 is 0 Å². The molecule has 1 aliphatic rings. The third-order valence-corrected chi connectivity index (χ3v) is 7.51. The fourth-order valence-corrected chi connectivity index (χ4v) is 5.60. The number of hydrogen-bond donors (Lipinski definition) is 1. The molecule has 4 heterocycles. The second-order valence-corrected chi connectivity index (χ2v) is 9.59. The van der Waals surface area contributed by atoms with Crippen LogP contribution in [0.1, 0.15) is 42.1 Å². The van der Waals surface area contributed by atoms with E-state index in [1.54, 1.807) is 19.1 Å². The van der Waals surface area contributed by atoms with Crippen LogP contribution >= 0.6 is 11.3 Å². The summed E-state index contributed by atoms with van der Waals surface area (Å²) in [5.74, 6) is 1.57. The largest absolute Gasteiger partial charge is 0.368 e. The number of nitrogens with zero attached hydrogens (tertiary/aromatic N) is 3. The van der Waals surface area contributed by atoms with E-state index in [0.29, 0.717) is 30.5 Å². The van der Waals surface area contributed by atoms with E-state index in [1.807, 2.05) is 6.92 Å². The summed E-state index contributed by atoms with van der Waals surface area (Å²) >= 11 is 1.18. The van der Waals surface area contributed by atoms with Gasteiger partial charge in [0.15, 0.2) is 5.82 Å². The molecule has 1 aliphatic heterocycles. The van der Waals surface area contributed by atoms with Crippen LogP contribution in [-0.4, -0.2) is 36.9 Å². The molecule has 1 atom stereocenters. The Morgan fingerprint density at radius 3 is 2.82 bits per heavy atom. The minimum Gasteiger partial charge on any atom is -0.368 e. The Labute approximate surface area is 166 Å². The summed E-state index contributed by atoms with van der Waals surface area (Å²) in [6.07, 6.45) is 2.02. The number of hydrogen-bond acceptors (Lipinski definition) is 9. The maximum Gasteiger partial charge on any atom is 0.255 e. The fourth-order valence-electron chi connectivity index (χ4n) is 3.07. The zero-order valence-electron chi connectivity index (χ0n) is 15.5. The van der Waals surface area contributed by atoms with E-state index in [-0.39, 0.29) is 16.9 Å². The lowest BCUT2D eigenvalue weighted by molar-refractivity contribution is 0.0835. The lowest BCUT2D eigenvalue weighted by atomic mass is 10.2. The molecule has 3 aromatic rings. The molecule has 0 aromatic carbocycles. The molecule has 0 aliphatic carbocycles. The van der Waals surface area contributed by atoms with Gasteiger partial charge in [0.05, 0.1) is 11.3 Å². The number of sulfonamides is 1. The molecule has 0 amide bonds. The molecule has 28 heavy (non-hydrogen) atoms. The monoisotopic (exact) mass is 424 g/mol. The Bertz CT molecular complexity index is 1040. The predicted molar refractivity (Wildman–Crippen MR) is 100 cm³/mol. The van der Waals surface area contributed by atoms with Gasteiger partial charge in [0.25, 0.3) is 5.89 Å². The normalized spacial score (nSPS) is 17.4. The molecule has 1 N–H and O–H groups in total. The van der Waals surface area contributed by atoms with Crippen LogP contribution in [0, 0.1) is 13.8 Å². The molecule has 0 saturated carbocycles. The van der Waals surface area contributed by atoms with E-state index in [4.69, 9.17) is 13.8 Å². The standard InChI is InChI=1S/C17H20N4O5S2/c1-10-16(11(2)25-20-10)13-5-6-15(27-13)28(22,23)18-8-7-14-19-17(26-21-14)12-4-3-9-24-12/h5-6,12,18H,3-4,7-9H2,1-2H3. The van der Waals surface area contributed by atoms with E-state index in [1.165, 1.54) is 11.3 Å². The van der Waals surface area contributed by atoms with Gasteiger partial charge in [-0.3, -0.25) is 0 Å². The average Bonchev–Trinajstić information content (AvgIpc) is 3.42. The highest BCUT2D eigenvalue weighted by atomic mass is 32.2. The van der Waals surface area contributed by atoms with Crippen LogP contribution < -0.4 is 4.72 Å². The van der Waals surface area contributed by atoms with E-state index < -0.39 is 10.0 Å². The Kier molecular flexibility index (Phi) is 5.32. The van der Waals surface area contributed by atoms with Crippen molar-refractivity contribution in [1.29, 1.82) is 0 Å². The molecule has 150 valence electrons. The van der Waals surface area contributed by atoms with E-state index in [9.17, 15) is 8.42 Å². The summed E-state index contributed by atoms with van der Waals surface area (Å²) in [7, 11) is -3.63. The van der Waals surface area contributed by atoms with Gasteiger partial charge < -0.3 is 13.8 Å². The van der Waals surface area contributed by atoms with Crippen LogP contribution in [0.15, 0.2) is 25.4 Å². The van der Waals surface area contributed by atoms with Crippen LogP contribution in [0.4, 0.5) is 0 Å². The molecule has 11 heteroatoms. The van der Waals surface area contributed by atoms with Crippen molar-refractivity contribution < 1.29 is 22.2 Å². The van der Waals surface area contributed by atoms with Gasteiger partial charge in [0.1, 0.15) is 16.1 Å². The van der Waals surface area contributed by atoms with E-state index in [2.05, 4.69) is 20.0 Å². The lowest BCUT2D eigenvalue weighted by Gasteiger charge is -2.03. The molecule has 1 fully saturated rings. The smallest absolute Gasteiger partial charge is 0.255 e. The highest BCUT2D eigenvalue weighted by molar-refractivity contribution is 7.91. The van der Waals surface area contributed by atoms with Crippen LogP contribution in [0.2, 0.25) is 0 Å². The molecular weight excluding hydrogens is 404 g/mol. The average molecular weight is 425 g/mol. The molecule has 1 saturated heterocycles. The summed E-state index contributed by atoms with van der Waals surface area (Å²) in [5, 5.41) is 7.81. The second-order valence-electron chi connectivity index (χ2n) is 6.52. The van der Waals surface area contributed by atoms with Crippen molar-refractivity contribution in [3.8, 4) is 10.4 Å². The van der Waals surface area contributed by atoms with Crippen molar-refractivity contribution in [2.45, 2.75) is 43.4 Å². The van der Waals surface area contributed by atoms with Crippen molar-refractivity contribution in [3.05, 3.63) is 35.3 Å². The van der Waals surface area contributed by atoms with Crippen molar-refractivity contribution in [1.82, 2.24) is 20.0 Å². The molecule has 0 bridgehead atoms. The van der Waals surface area contributed by atoms with Gasteiger partial charge in [-0.2, -0.15) is 4.98 Å². The maximum absolute atomic E-state index is 12.6. The molecule has 4 rings (SSSR count). The molecule has 9 nitrogen and oxygen atoms in total. The van der Waals surface area contributed by atoms with Gasteiger partial charge >= 0.3 is 0 Å².